The molecular weight excluding hydrogens is 174 g/mol. The molecule has 0 aromatic heterocycles. The van der Waals surface area contributed by atoms with E-state index in [4.69, 9.17) is 0 Å². The Morgan fingerprint density at radius 2 is 2.00 bits per heavy atom. The molecule has 0 spiro atoms. The molecule has 1 aromatic rings. The molecule has 1 unspecified atom stereocenters. The van der Waals surface area contributed by atoms with Gasteiger partial charge in [0.2, 0.25) is 5.91 Å². The molecular formula is C12H15NO. The Hall–Kier alpha value is -1.57. The van der Waals surface area contributed by atoms with Gasteiger partial charge in [-0.25, -0.2) is 0 Å². The SMILES string of the molecule is C=CC(C)(NC(C)=O)c1ccccc1. The van der Waals surface area contributed by atoms with Crippen molar-refractivity contribution in [3.8, 4) is 0 Å². The number of hydrogen-bond donors (Lipinski definition) is 1. The zero-order valence-electron chi connectivity index (χ0n) is 8.58. The van der Waals surface area contributed by atoms with Gasteiger partial charge in [-0.15, -0.1) is 6.58 Å². The van der Waals surface area contributed by atoms with Crippen LogP contribution in [0.5, 0.6) is 0 Å². The number of hydrogen-bond acceptors (Lipinski definition) is 1. The molecule has 2 heteroatoms. The molecule has 14 heavy (non-hydrogen) atoms. The summed E-state index contributed by atoms with van der Waals surface area (Å²) >= 11 is 0. The molecule has 1 rings (SSSR count). The second-order valence-electron chi connectivity index (χ2n) is 3.45. The minimum atomic E-state index is -0.479. The summed E-state index contributed by atoms with van der Waals surface area (Å²) in [5, 5.41) is 2.87. The van der Waals surface area contributed by atoms with Gasteiger partial charge in [0, 0.05) is 6.92 Å². The van der Waals surface area contributed by atoms with Crippen LogP contribution in [0.2, 0.25) is 0 Å². The van der Waals surface area contributed by atoms with Gasteiger partial charge in [0.25, 0.3) is 0 Å². The highest BCUT2D eigenvalue weighted by Crippen LogP contribution is 2.21. The second-order valence-corrected chi connectivity index (χ2v) is 3.45. The Balaban J connectivity index is 3.01. The van der Waals surface area contributed by atoms with E-state index in [1.165, 1.54) is 6.92 Å². The van der Waals surface area contributed by atoms with Crippen molar-refractivity contribution in [3.63, 3.8) is 0 Å². The monoisotopic (exact) mass is 189 g/mol. The van der Waals surface area contributed by atoms with E-state index < -0.39 is 5.54 Å². The van der Waals surface area contributed by atoms with E-state index >= 15 is 0 Å². The molecule has 1 amide bonds. The van der Waals surface area contributed by atoms with Crippen LogP contribution < -0.4 is 5.32 Å². The van der Waals surface area contributed by atoms with Crippen LogP contribution in [0.25, 0.3) is 0 Å². The Morgan fingerprint density at radius 1 is 1.43 bits per heavy atom. The largest absolute Gasteiger partial charge is 0.344 e. The van der Waals surface area contributed by atoms with Crippen molar-refractivity contribution in [1.82, 2.24) is 5.32 Å². The summed E-state index contributed by atoms with van der Waals surface area (Å²) in [6.45, 7) is 7.18. The lowest BCUT2D eigenvalue weighted by molar-refractivity contribution is -0.120. The molecule has 1 N–H and O–H groups in total. The summed E-state index contributed by atoms with van der Waals surface area (Å²) in [7, 11) is 0. The van der Waals surface area contributed by atoms with Crippen molar-refractivity contribution >= 4 is 5.91 Å². The van der Waals surface area contributed by atoms with E-state index in [9.17, 15) is 4.79 Å². The van der Waals surface area contributed by atoms with Gasteiger partial charge in [-0.2, -0.15) is 0 Å². The molecule has 0 fully saturated rings. The van der Waals surface area contributed by atoms with Crippen LogP contribution in [0.4, 0.5) is 0 Å². The van der Waals surface area contributed by atoms with Crippen LogP contribution in [0, 0.1) is 0 Å². The smallest absolute Gasteiger partial charge is 0.217 e. The van der Waals surface area contributed by atoms with E-state index in [-0.39, 0.29) is 5.91 Å². The minimum absolute atomic E-state index is 0.0590. The van der Waals surface area contributed by atoms with E-state index in [0.717, 1.165) is 5.56 Å². The third-order valence-electron chi connectivity index (χ3n) is 2.22. The molecule has 0 radical (unpaired) electrons. The van der Waals surface area contributed by atoms with Crippen LogP contribution >= 0.6 is 0 Å². The summed E-state index contributed by atoms with van der Waals surface area (Å²) in [6, 6.07) is 9.77. The van der Waals surface area contributed by atoms with Crippen LogP contribution in [0.15, 0.2) is 43.0 Å². The summed E-state index contributed by atoms with van der Waals surface area (Å²) in [6.07, 6.45) is 1.74. The standard InChI is InChI=1S/C12H15NO/c1-4-12(3,13-10(2)14)11-8-6-5-7-9-11/h4-9H,1H2,2-3H3,(H,13,14). The normalized spacial score (nSPS) is 14.1. The summed E-state index contributed by atoms with van der Waals surface area (Å²) in [5.74, 6) is -0.0590. The number of nitrogens with one attached hydrogen (secondary N) is 1. The van der Waals surface area contributed by atoms with Crippen molar-refractivity contribution in [2.45, 2.75) is 19.4 Å². The van der Waals surface area contributed by atoms with Crippen LogP contribution in [0.3, 0.4) is 0 Å². The summed E-state index contributed by atoms with van der Waals surface area (Å²) < 4.78 is 0. The Morgan fingerprint density at radius 3 is 2.43 bits per heavy atom. The zero-order valence-corrected chi connectivity index (χ0v) is 8.58. The number of rotatable bonds is 3. The molecule has 1 atom stereocenters. The zero-order chi connectivity index (χ0) is 10.6. The maximum atomic E-state index is 11.0. The van der Waals surface area contributed by atoms with Gasteiger partial charge < -0.3 is 5.32 Å². The average Bonchev–Trinajstić information content (AvgIpc) is 2.18. The number of benzene rings is 1. The van der Waals surface area contributed by atoms with Crippen molar-refractivity contribution in [1.29, 1.82) is 0 Å². The lowest BCUT2D eigenvalue weighted by Crippen LogP contribution is -2.40. The fraction of sp³-hybridized carbons (Fsp3) is 0.250. The quantitative estimate of drug-likeness (QED) is 0.726. The van der Waals surface area contributed by atoms with E-state index in [0.29, 0.717) is 0 Å². The first-order valence-electron chi connectivity index (χ1n) is 4.56. The lowest BCUT2D eigenvalue weighted by atomic mass is 9.92. The fourth-order valence-corrected chi connectivity index (χ4v) is 1.39. The average molecular weight is 189 g/mol. The van der Waals surface area contributed by atoms with Gasteiger partial charge in [-0.1, -0.05) is 36.4 Å². The number of amides is 1. The van der Waals surface area contributed by atoms with E-state index in [1.807, 2.05) is 37.3 Å². The molecule has 74 valence electrons. The van der Waals surface area contributed by atoms with Gasteiger partial charge in [-0.3, -0.25) is 4.79 Å². The third-order valence-corrected chi connectivity index (χ3v) is 2.22. The summed E-state index contributed by atoms with van der Waals surface area (Å²) in [5.41, 5.74) is 0.554. The molecule has 0 aliphatic carbocycles. The third kappa shape index (κ3) is 2.22. The first-order chi connectivity index (χ1) is 6.58. The number of carbonyl (C=O) groups is 1. The van der Waals surface area contributed by atoms with Gasteiger partial charge in [-0.05, 0) is 12.5 Å². The van der Waals surface area contributed by atoms with E-state index in [2.05, 4.69) is 11.9 Å². The molecule has 0 saturated carbocycles. The topological polar surface area (TPSA) is 29.1 Å². The Labute approximate surface area is 84.6 Å². The molecule has 0 bridgehead atoms. The van der Waals surface area contributed by atoms with Gasteiger partial charge in [0.05, 0.1) is 5.54 Å². The first kappa shape index (κ1) is 10.5. The van der Waals surface area contributed by atoms with Gasteiger partial charge >= 0.3 is 0 Å². The molecule has 0 aliphatic rings. The highest BCUT2D eigenvalue weighted by molar-refractivity contribution is 5.74. The van der Waals surface area contributed by atoms with Crippen molar-refractivity contribution < 1.29 is 4.79 Å². The molecule has 0 saturated heterocycles. The van der Waals surface area contributed by atoms with Crippen LogP contribution in [0.1, 0.15) is 19.4 Å². The van der Waals surface area contributed by atoms with Crippen molar-refractivity contribution in [2.75, 3.05) is 0 Å². The Kier molecular flexibility index (Phi) is 3.07. The highest BCUT2D eigenvalue weighted by Gasteiger charge is 2.22. The van der Waals surface area contributed by atoms with Gasteiger partial charge in [0.15, 0.2) is 0 Å². The first-order valence-corrected chi connectivity index (χ1v) is 4.56. The van der Waals surface area contributed by atoms with Crippen LogP contribution in [-0.2, 0) is 10.3 Å². The van der Waals surface area contributed by atoms with E-state index in [1.54, 1.807) is 6.08 Å². The summed E-state index contributed by atoms with van der Waals surface area (Å²) in [4.78, 5) is 11.0. The molecule has 0 heterocycles. The Bertz CT molecular complexity index is 331. The molecule has 2 nitrogen and oxygen atoms in total. The maximum absolute atomic E-state index is 11.0. The van der Waals surface area contributed by atoms with Gasteiger partial charge in [0.1, 0.15) is 0 Å². The lowest BCUT2D eigenvalue weighted by Gasteiger charge is -2.27. The maximum Gasteiger partial charge on any atom is 0.217 e. The fourth-order valence-electron chi connectivity index (χ4n) is 1.39. The number of carbonyl (C=O) groups excluding carboxylic acids is 1. The second kappa shape index (κ2) is 4.09. The highest BCUT2D eigenvalue weighted by atomic mass is 16.1. The van der Waals surface area contributed by atoms with Crippen molar-refractivity contribution in [2.24, 2.45) is 0 Å². The van der Waals surface area contributed by atoms with Crippen molar-refractivity contribution in [3.05, 3.63) is 48.6 Å². The predicted molar refractivity (Wildman–Crippen MR) is 57.8 cm³/mol. The minimum Gasteiger partial charge on any atom is -0.344 e. The van der Waals surface area contributed by atoms with Crippen LogP contribution in [-0.4, -0.2) is 5.91 Å². The molecule has 0 aliphatic heterocycles. The predicted octanol–water partition coefficient (Wildman–Crippen LogP) is 2.22. The molecule has 1 aromatic carbocycles.